The van der Waals surface area contributed by atoms with Gasteiger partial charge in [0.05, 0.1) is 12.5 Å². The molecule has 2 amide bonds. The number of hydrogen-bond donors (Lipinski definition) is 3. The van der Waals surface area contributed by atoms with Gasteiger partial charge in [-0.2, -0.15) is 0 Å². The van der Waals surface area contributed by atoms with Crippen LogP contribution in [0.4, 0.5) is 5.69 Å². The van der Waals surface area contributed by atoms with E-state index in [9.17, 15) is 24.3 Å². The number of anilines is 1. The standard InChI is InChI=1S/C45H63N3O6/c1-40(2)34-12-15-45(7)38(43(34,5)14-13-35(40)50)32(49)25-30-31-26-42(4,17-16-41(31,3)18-19-44(30,45)6)39(53)47-21-20-46-36(51)22-27-23-37(52)54-33-24-28(48(8)9)10-11-29(27)33/h10-11,23-25,31,34-35,38,50H,12-22,26H2,1-9H3,(H,46,51)(H,47,53)/t31-,34-,35-,38+,41+,42-,43-,44+,45+/m0/s1. The van der Waals surface area contributed by atoms with E-state index in [-0.39, 0.29) is 75.6 Å². The fraction of sp³-hybridized carbons (Fsp3) is 0.689. The van der Waals surface area contributed by atoms with Crippen molar-refractivity contribution in [2.45, 2.75) is 119 Å². The van der Waals surface area contributed by atoms with Gasteiger partial charge in [0, 0.05) is 61.7 Å². The van der Waals surface area contributed by atoms with Crippen LogP contribution in [0.25, 0.3) is 11.0 Å². The maximum Gasteiger partial charge on any atom is 0.336 e. The summed E-state index contributed by atoms with van der Waals surface area (Å²) in [6, 6.07) is 6.96. The van der Waals surface area contributed by atoms with E-state index in [1.165, 1.54) is 11.6 Å². The number of rotatable bonds is 7. The molecular weight excluding hydrogens is 679 g/mol. The van der Waals surface area contributed by atoms with Crippen molar-refractivity contribution < 1.29 is 23.9 Å². The Kier molecular flexibility index (Phi) is 9.38. The van der Waals surface area contributed by atoms with Crippen LogP contribution in [0.1, 0.15) is 112 Å². The van der Waals surface area contributed by atoms with Gasteiger partial charge in [-0.05, 0) is 120 Å². The summed E-state index contributed by atoms with van der Waals surface area (Å²) in [5.41, 5.74) is 1.46. The lowest BCUT2D eigenvalue weighted by atomic mass is 9.33. The SMILES string of the molecule is CN(C)c1ccc2c(CC(=O)NCCNC(=O)[C@@]3(C)CC[C@]4(C)CC[C@]5(C)C(=CC(=O)[C@@H]6[C@@]7(C)CC[C@H](O)C(C)(C)[C@@H]7CC[C@]65C)[C@@H]4C3)cc(=O)oc2c1. The van der Waals surface area contributed by atoms with Crippen LogP contribution < -0.4 is 21.2 Å². The fourth-order valence-electron chi connectivity index (χ4n) is 12.8. The van der Waals surface area contributed by atoms with Gasteiger partial charge in [-0.1, -0.05) is 54.0 Å². The average molecular weight is 742 g/mol. The number of nitrogens with zero attached hydrogens (tertiary/aromatic N) is 1. The van der Waals surface area contributed by atoms with Crippen molar-refractivity contribution in [3.63, 3.8) is 0 Å². The number of carbonyl (C=O) groups excluding carboxylic acids is 3. The second-order valence-corrected chi connectivity index (χ2v) is 20.1. The molecule has 0 unspecified atom stereocenters. The lowest BCUT2D eigenvalue weighted by Crippen LogP contribution is -2.66. The molecule has 0 saturated heterocycles. The van der Waals surface area contributed by atoms with Crippen molar-refractivity contribution in [2.24, 2.45) is 50.2 Å². The third kappa shape index (κ3) is 5.88. The Morgan fingerprint density at radius 3 is 2.31 bits per heavy atom. The summed E-state index contributed by atoms with van der Waals surface area (Å²) in [5.74, 6) is 0.401. The Bertz CT molecular complexity index is 1970. The van der Waals surface area contributed by atoms with E-state index >= 15 is 0 Å². The molecule has 0 spiro atoms. The molecule has 5 aliphatic carbocycles. The van der Waals surface area contributed by atoms with E-state index in [0.29, 0.717) is 30.0 Å². The Balaban J connectivity index is 1.03. The van der Waals surface area contributed by atoms with Crippen molar-refractivity contribution in [1.29, 1.82) is 0 Å². The van der Waals surface area contributed by atoms with E-state index < -0.39 is 11.0 Å². The lowest BCUT2D eigenvalue weighted by molar-refractivity contribution is -0.202. The minimum absolute atomic E-state index is 0.00253. The monoisotopic (exact) mass is 741 g/mol. The first kappa shape index (κ1) is 38.8. The van der Waals surface area contributed by atoms with Crippen LogP contribution >= 0.6 is 0 Å². The highest BCUT2D eigenvalue weighted by Gasteiger charge is 2.70. The summed E-state index contributed by atoms with van der Waals surface area (Å²) in [6.07, 6.45) is 9.94. The normalized spacial score (nSPS) is 38.3. The Morgan fingerprint density at radius 2 is 1.59 bits per heavy atom. The van der Waals surface area contributed by atoms with Gasteiger partial charge < -0.3 is 25.1 Å². The van der Waals surface area contributed by atoms with Gasteiger partial charge in [0.25, 0.3) is 0 Å². The van der Waals surface area contributed by atoms with Gasteiger partial charge >= 0.3 is 5.63 Å². The van der Waals surface area contributed by atoms with Gasteiger partial charge in [-0.15, -0.1) is 0 Å². The minimum Gasteiger partial charge on any atom is -0.423 e. The van der Waals surface area contributed by atoms with E-state index in [4.69, 9.17) is 4.42 Å². The highest BCUT2D eigenvalue weighted by Crippen LogP contribution is 2.75. The number of benzene rings is 1. The molecule has 0 aliphatic heterocycles. The molecule has 54 heavy (non-hydrogen) atoms. The molecule has 5 aliphatic rings. The maximum absolute atomic E-state index is 14.6. The first-order valence-corrected chi connectivity index (χ1v) is 20.4. The smallest absolute Gasteiger partial charge is 0.336 e. The van der Waals surface area contributed by atoms with Gasteiger partial charge in [-0.3, -0.25) is 14.4 Å². The van der Waals surface area contributed by atoms with Crippen molar-refractivity contribution in [2.75, 3.05) is 32.1 Å². The first-order chi connectivity index (χ1) is 25.2. The van der Waals surface area contributed by atoms with Crippen LogP contribution in [0.2, 0.25) is 0 Å². The summed E-state index contributed by atoms with van der Waals surface area (Å²) in [6.45, 7) is 16.7. The quantitative estimate of drug-likeness (QED) is 0.207. The number of hydrogen-bond acceptors (Lipinski definition) is 7. The number of carbonyl (C=O) groups is 3. The number of amides is 2. The second-order valence-electron chi connectivity index (χ2n) is 20.1. The zero-order valence-corrected chi connectivity index (χ0v) is 34.1. The molecule has 9 heteroatoms. The molecule has 3 N–H and O–H groups in total. The minimum atomic E-state index is -0.594. The van der Waals surface area contributed by atoms with Gasteiger partial charge in [-0.25, -0.2) is 4.79 Å². The number of fused-ring (bicyclic) bond motifs is 8. The molecular formula is C45H63N3O6. The predicted molar refractivity (Wildman–Crippen MR) is 212 cm³/mol. The third-order valence-corrected chi connectivity index (χ3v) is 16.5. The predicted octanol–water partition coefficient (Wildman–Crippen LogP) is 6.98. The molecule has 9 atom stereocenters. The van der Waals surface area contributed by atoms with E-state index in [2.05, 4.69) is 65.2 Å². The molecule has 0 radical (unpaired) electrons. The maximum atomic E-state index is 14.6. The van der Waals surface area contributed by atoms with Crippen molar-refractivity contribution in [1.82, 2.24) is 10.6 Å². The molecule has 294 valence electrons. The van der Waals surface area contributed by atoms with Gasteiger partial charge in [0.15, 0.2) is 5.78 Å². The number of allylic oxidation sites excluding steroid dienone is 2. The van der Waals surface area contributed by atoms with Crippen molar-refractivity contribution in [3.05, 3.63) is 51.9 Å². The Morgan fingerprint density at radius 1 is 0.889 bits per heavy atom. The van der Waals surface area contributed by atoms with Crippen LogP contribution in [0.3, 0.4) is 0 Å². The Labute approximate surface area is 321 Å². The molecule has 7 rings (SSSR count). The summed E-state index contributed by atoms with van der Waals surface area (Å²) >= 11 is 0. The van der Waals surface area contributed by atoms with Crippen LogP contribution in [-0.2, 0) is 20.8 Å². The largest absolute Gasteiger partial charge is 0.423 e. The molecule has 4 fully saturated rings. The van der Waals surface area contributed by atoms with E-state index in [1.807, 2.05) is 31.1 Å². The molecule has 0 bridgehead atoms. The van der Waals surface area contributed by atoms with Crippen LogP contribution in [0, 0.1) is 50.2 Å². The van der Waals surface area contributed by atoms with Crippen LogP contribution in [0.15, 0.2) is 45.1 Å². The number of ketones is 1. The molecule has 2 aromatic rings. The third-order valence-electron chi connectivity index (χ3n) is 16.5. The molecule has 9 nitrogen and oxygen atoms in total. The number of nitrogens with one attached hydrogen (secondary N) is 2. The lowest BCUT2D eigenvalue weighted by Gasteiger charge is -2.70. The average Bonchev–Trinajstić information content (AvgIpc) is 3.09. The highest BCUT2D eigenvalue weighted by atomic mass is 16.4. The second kappa shape index (κ2) is 13.1. The number of aliphatic hydroxyl groups excluding tert-OH is 1. The van der Waals surface area contributed by atoms with Gasteiger partial charge in [0.1, 0.15) is 5.58 Å². The van der Waals surface area contributed by atoms with Crippen LogP contribution in [-0.4, -0.2) is 56.0 Å². The molecule has 4 saturated carbocycles. The summed E-state index contributed by atoms with van der Waals surface area (Å²) in [4.78, 5) is 55.8. The van der Waals surface area contributed by atoms with E-state index in [0.717, 1.165) is 62.4 Å². The molecule has 1 aromatic carbocycles. The number of aliphatic hydroxyl groups is 1. The van der Waals surface area contributed by atoms with Crippen LogP contribution in [0.5, 0.6) is 0 Å². The van der Waals surface area contributed by atoms with Crippen molar-refractivity contribution >= 4 is 34.3 Å². The fourth-order valence-corrected chi connectivity index (χ4v) is 12.8. The van der Waals surface area contributed by atoms with Crippen molar-refractivity contribution in [3.8, 4) is 0 Å². The molecule has 1 aromatic heterocycles. The first-order valence-electron chi connectivity index (χ1n) is 20.4. The summed E-state index contributed by atoms with van der Waals surface area (Å²) in [7, 11) is 3.82. The van der Waals surface area contributed by atoms with E-state index in [1.54, 1.807) is 6.07 Å². The summed E-state index contributed by atoms with van der Waals surface area (Å²) < 4.78 is 5.42. The zero-order chi connectivity index (χ0) is 39.2. The van der Waals surface area contributed by atoms with Gasteiger partial charge in [0.2, 0.25) is 11.8 Å². The summed E-state index contributed by atoms with van der Waals surface area (Å²) in [5, 5.41) is 17.8. The molecule has 1 heterocycles. The zero-order valence-electron chi connectivity index (χ0n) is 34.1. The Hall–Kier alpha value is -3.46. The topological polar surface area (TPSA) is 129 Å². The highest BCUT2D eigenvalue weighted by molar-refractivity contribution is 5.96.